The minimum Gasteiger partial charge on any atom is -0.396 e. The summed E-state index contributed by atoms with van der Waals surface area (Å²) in [7, 11) is 1.79. The van der Waals surface area contributed by atoms with Gasteiger partial charge >= 0.3 is 0 Å². The molecule has 1 aromatic rings. The molecule has 1 aliphatic heterocycles. The number of carbonyl (C=O) groups excluding carboxylic acids is 1. The summed E-state index contributed by atoms with van der Waals surface area (Å²) >= 11 is 5.81. The molecule has 0 atom stereocenters. The van der Waals surface area contributed by atoms with Gasteiger partial charge in [0.1, 0.15) is 5.15 Å². The summed E-state index contributed by atoms with van der Waals surface area (Å²) in [5.41, 5.74) is 6.36. The molecule has 0 unspecified atom stereocenters. The quantitative estimate of drug-likeness (QED) is 0.730. The van der Waals surface area contributed by atoms with Crippen LogP contribution in [0.1, 0.15) is 0 Å². The maximum atomic E-state index is 11.6. The van der Waals surface area contributed by atoms with Gasteiger partial charge in [0, 0.05) is 20.1 Å². The molecule has 5 nitrogen and oxygen atoms in total. The third-order valence-corrected chi connectivity index (χ3v) is 2.84. The van der Waals surface area contributed by atoms with Gasteiger partial charge in [-0.15, -0.1) is 0 Å². The number of likely N-dealkylation sites (N-methyl/N-ethyl adjacent to an activating group) is 1. The number of carbonyl (C=O) groups is 1. The average Bonchev–Trinajstić information content (AvgIpc) is 2.26. The van der Waals surface area contributed by atoms with Crippen LogP contribution in [-0.2, 0) is 4.79 Å². The van der Waals surface area contributed by atoms with Gasteiger partial charge in [-0.2, -0.15) is 0 Å². The number of aromatic nitrogens is 1. The van der Waals surface area contributed by atoms with E-state index in [1.165, 1.54) is 0 Å². The van der Waals surface area contributed by atoms with Gasteiger partial charge in [-0.1, -0.05) is 11.6 Å². The first-order valence-electron chi connectivity index (χ1n) is 4.99. The molecule has 0 spiro atoms. The molecule has 2 N–H and O–H groups in total. The molecule has 0 saturated carbocycles. The molecule has 0 aliphatic carbocycles. The average molecular weight is 241 g/mol. The molecule has 0 aromatic carbocycles. The van der Waals surface area contributed by atoms with E-state index in [9.17, 15) is 4.79 Å². The monoisotopic (exact) mass is 240 g/mol. The number of hydrogen-bond acceptors (Lipinski definition) is 4. The summed E-state index contributed by atoms with van der Waals surface area (Å²) in [5.74, 6) is 0.654. The summed E-state index contributed by atoms with van der Waals surface area (Å²) < 4.78 is 0. The van der Waals surface area contributed by atoms with Crippen molar-refractivity contribution in [3.05, 3.63) is 17.3 Å². The molecule has 86 valence electrons. The Labute approximate surface area is 98.8 Å². The van der Waals surface area contributed by atoms with Crippen LogP contribution in [0.5, 0.6) is 0 Å². The fourth-order valence-electron chi connectivity index (χ4n) is 1.63. The molecule has 1 aromatic heterocycles. The number of nitrogens with zero attached hydrogens (tertiary/aromatic N) is 3. The highest BCUT2D eigenvalue weighted by Gasteiger charge is 2.23. The van der Waals surface area contributed by atoms with Crippen molar-refractivity contribution in [3.63, 3.8) is 0 Å². The number of amides is 1. The normalized spacial score (nSPS) is 16.8. The minimum absolute atomic E-state index is 0.0624. The molecule has 0 radical (unpaired) electrons. The van der Waals surface area contributed by atoms with Crippen LogP contribution in [0.25, 0.3) is 0 Å². The van der Waals surface area contributed by atoms with Gasteiger partial charge in [0.2, 0.25) is 5.91 Å². The summed E-state index contributed by atoms with van der Waals surface area (Å²) in [6.07, 6.45) is 0. The molecule has 6 heteroatoms. The third kappa shape index (κ3) is 2.04. The van der Waals surface area contributed by atoms with Crippen molar-refractivity contribution >= 4 is 29.0 Å². The highest BCUT2D eigenvalue weighted by atomic mass is 35.5. The van der Waals surface area contributed by atoms with Crippen molar-refractivity contribution in [2.75, 3.05) is 37.3 Å². The van der Waals surface area contributed by atoms with Crippen LogP contribution in [0.3, 0.4) is 0 Å². The lowest BCUT2D eigenvalue weighted by atomic mass is 10.3. The van der Waals surface area contributed by atoms with E-state index in [1.54, 1.807) is 24.1 Å². The molecule has 16 heavy (non-hydrogen) atoms. The number of nitrogens with two attached hydrogens (primary N) is 1. The molecule has 2 rings (SSSR count). The first-order valence-corrected chi connectivity index (χ1v) is 5.36. The zero-order chi connectivity index (χ0) is 11.7. The molecule has 2 heterocycles. The fraction of sp³-hybridized carbons (Fsp3) is 0.400. The van der Waals surface area contributed by atoms with Crippen molar-refractivity contribution in [1.29, 1.82) is 0 Å². The Morgan fingerprint density at radius 2 is 2.19 bits per heavy atom. The SMILES string of the molecule is CN1CCN(c2nc(Cl)ccc2N)CC1=O. The number of anilines is 2. The van der Waals surface area contributed by atoms with E-state index >= 15 is 0 Å². The van der Waals surface area contributed by atoms with Crippen LogP contribution in [0.2, 0.25) is 5.15 Å². The van der Waals surface area contributed by atoms with Crippen molar-refractivity contribution in [3.8, 4) is 0 Å². The number of rotatable bonds is 1. The largest absolute Gasteiger partial charge is 0.396 e. The van der Waals surface area contributed by atoms with Gasteiger partial charge < -0.3 is 15.5 Å². The molecule has 1 saturated heterocycles. The third-order valence-electron chi connectivity index (χ3n) is 2.63. The van der Waals surface area contributed by atoms with Crippen LogP contribution in [0.15, 0.2) is 12.1 Å². The lowest BCUT2D eigenvalue weighted by Gasteiger charge is -2.33. The molecule has 0 bridgehead atoms. The predicted molar refractivity (Wildman–Crippen MR) is 63.5 cm³/mol. The highest BCUT2D eigenvalue weighted by molar-refractivity contribution is 6.29. The standard InChI is InChI=1S/C10H13ClN4O/c1-14-4-5-15(6-9(14)16)10-7(12)2-3-8(11)13-10/h2-3H,4-6,12H2,1H3. The van der Waals surface area contributed by atoms with E-state index in [0.717, 1.165) is 6.54 Å². The fourth-order valence-corrected chi connectivity index (χ4v) is 1.77. The second-order valence-corrected chi connectivity index (χ2v) is 4.17. The Morgan fingerprint density at radius 3 is 2.88 bits per heavy atom. The van der Waals surface area contributed by atoms with E-state index < -0.39 is 0 Å². The van der Waals surface area contributed by atoms with Crippen LogP contribution >= 0.6 is 11.6 Å². The second-order valence-electron chi connectivity index (χ2n) is 3.78. The highest BCUT2D eigenvalue weighted by Crippen LogP contribution is 2.23. The maximum absolute atomic E-state index is 11.6. The summed E-state index contributed by atoms with van der Waals surface area (Å²) in [6, 6.07) is 3.34. The number of piperazine rings is 1. The van der Waals surface area contributed by atoms with E-state index in [1.807, 2.05) is 4.90 Å². The summed E-state index contributed by atoms with van der Waals surface area (Å²) in [4.78, 5) is 19.3. The van der Waals surface area contributed by atoms with E-state index in [4.69, 9.17) is 17.3 Å². The Morgan fingerprint density at radius 1 is 1.44 bits per heavy atom. The Kier molecular flexibility index (Phi) is 2.87. The van der Waals surface area contributed by atoms with Gasteiger partial charge in [0.15, 0.2) is 5.82 Å². The lowest BCUT2D eigenvalue weighted by molar-refractivity contribution is -0.129. The number of pyridine rings is 1. The number of hydrogen-bond donors (Lipinski definition) is 1. The smallest absolute Gasteiger partial charge is 0.241 e. The molecular formula is C10H13ClN4O. The van der Waals surface area contributed by atoms with Crippen molar-refractivity contribution in [2.24, 2.45) is 0 Å². The molecule has 1 amide bonds. The first kappa shape index (κ1) is 11.0. The summed E-state index contributed by atoms with van der Waals surface area (Å²) in [5, 5.41) is 0.385. The van der Waals surface area contributed by atoms with E-state index in [-0.39, 0.29) is 5.91 Å². The van der Waals surface area contributed by atoms with Gasteiger partial charge in [0.05, 0.1) is 12.2 Å². The van der Waals surface area contributed by atoms with Gasteiger partial charge in [0.25, 0.3) is 0 Å². The van der Waals surface area contributed by atoms with Crippen LogP contribution in [-0.4, -0.2) is 42.5 Å². The zero-order valence-corrected chi connectivity index (χ0v) is 9.74. The Bertz CT molecular complexity index is 423. The van der Waals surface area contributed by atoms with E-state index in [2.05, 4.69) is 4.98 Å². The predicted octanol–water partition coefficient (Wildman–Crippen LogP) is 0.596. The van der Waals surface area contributed by atoms with Gasteiger partial charge in [-0.3, -0.25) is 4.79 Å². The van der Waals surface area contributed by atoms with Crippen molar-refractivity contribution in [2.45, 2.75) is 0 Å². The molecule has 1 fully saturated rings. The maximum Gasteiger partial charge on any atom is 0.241 e. The lowest BCUT2D eigenvalue weighted by Crippen LogP contribution is -2.49. The van der Waals surface area contributed by atoms with Crippen LogP contribution in [0, 0.1) is 0 Å². The van der Waals surface area contributed by atoms with Gasteiger partial charge in [-0.25, -0.2) is 4.98 Å². The van der Waals surface area contributed by atoms with Crippen molar-refractivity contribution < 1.29 is 4.79 Å². The molecular weight excluding hydrogens is 228 g/mol. The Balaban J connectivity index is 2.24. The second kappa shape index (κ2) is 4.17. The van der Waals surface area contributed by atoms with Crippen LogP contribution < -0.4 is 10.6 Å². The number of halogens is 1. The summed E-state index contributed by atoms with van der Waals surface area (Å²) in [6.45, 7) is 1.69. The van der Waals surface area contributed by atoms with E-state index in [0.29, 0.717) is 29.7 Å². The van der Waals surface area contributed by atoms with Gasteiger partial charge in [-0.05, 0) is 12.1 Å². The van der Waals surface area contributed by atoms with Crippen molar-refractivity contribution in [1.82, 2.24) is 9.88 Å². The first-order chi connectivity index (χ1) is 7.58. The zero-order valence-electron chi connectivity index (χ0n) is 8.98. The molecule has 1 aliphatic rings. The number of nitrogen functional groups attached to an aromatic ring is 1. The Hall–Kier alpha value is -1.49. The minimum atomic E-state index is 0.0624. The van der Waals surface area contributed by atoms with Crippen LogP contribution in [0.4, 0.5) is 11.5 Å². The topological polar surface area (TPSA) is 62.5 Å².